The standard InChI is InChI=1S/C12H7BrClFN2OS/c13-7-3-8(15)5-9(4-7)18-11-10(6-14)17-1-2-19-12(17)16-11/h1-5H,6H2. The molecule has 3 rings (SSSR count). The zero-order chi connectivity index (χ0) is 13.4. The number of ether oxygens (including phenoxy) is 1. The predicted molar refractivity (Wildman–Crippen MR) is 76.8 cm³/mol. The Hall–Kier alpha value is -1.11. The molecular formula is C12H7BrClFN2OS. The maximum atomic E-state index is 13.3. The van der Waals surface area contributed by atoms with E-state index >= 15 is 0 Å². The van der Waals surface area contributed by atoms with E-state index < -0.39 is 0 Å². The number of alkyl halides is 1. The van der Waals surface area contributed by atoms with Crippen LogP contribution in [0.4, 0.5) is 4.39 Å². The van der Waals surface area contributed by atoms with Crippen LogP contribution in [0, 0.1) is 5.82 Å². The molecule has 0 saturated heterocycles. The molecule has 0 aliphatic rings. The van der Waals surface area contributed by atoms with Gasteiger partial charge in [-0.2, -0.15) is 4.98 Å². The van der Waals surface area contributed by atoms with Crippen molar-refractivity contribution in [2.75, 3.05) is 0 Å². The smallest absolute Gasteiger partial charge is 0.243 e. The third-order valence-corrected chi connectivity index (χ3v) is 3.97. The average molecular weight is 362 g/mol. The molecule has 2 heterocycles. The van der Waals surface area contributed by atoms with Crippen molar-refractivity contribution in [1.29, 1.82) is 0 Å². The monoisotopic (exact) mass is 360 g/mol. The summed E-state index contributed by atoms with van der Waals surface area (Å²) in [5.74, 6) is 0.671. The van der Waals surface area contributed by atoms with E-state index in [1.807, 2.05) is 16.0 Å². The number of nitrogens with zero attached hydrogens (tertiary/aromatic N) is 2. The summed E-state index contributed by atoms with van der Waals surface area (Å²) >= 11 is 10.6. The van der Waals surface area contributed by atoms with Crippen molar-refractivity contribution in [1.82, 2.24) is 9.38 Å². The molecule has 98 valence electrons. The number of fused-ring (bicyclic) bond motifs is 1. The van der Waals surface area contributed by atoms with Gasteiger partial charge in [0.05, 0.1) is 5.88 Å². The highest BCUT2D eigenvalue weighted by Gasteiger charge is 2.14. The lowest BCUT2D eigenvalue weighted by Crippen LogP contribution is -1.91. The Labute approximate surface area is 125 Å². The van der Waals surface area contributed by atoms with Crippen LogP contribution in [0.15, 0.2) is 34.2 Å². The van der Waals surface area contributed by atoms with Gasteiger partial charge in [-0.25, -0.2) is 4.39 Å². The summed E-state index contributed by atoms with van der Waals surface area (Å²) in [4.78, 5) is 5.13. The summed E-state index contributed by atoms with van der Waals surface area (Å²) in [6.45, 7) is 0. The van der Waals surface area contributed by atoms with Crippen molar-refractivity contribution in [3.05, 3.63) is 45.8 Å². The van der Waals surface area contributed by atoms with Crippen LogP contribution in [0.2, 0.25) is 0 Å². The zero-order valence-electron chi connectivity index (χ0n) is 9.44. The zero-order valence-corrected chi connectivity index (χ0v) is 12.6. The molecule has 1 aromatic carbocycles. The number of rotatable bonds is 3. The SMILES string of the molecule is Fc1cc(Br)cc(Oc2nc3sccn3c2CCl)c1. The van der Waals surface area contributed by atoms with Crippen LogP contribution in [-0.2, 0) is 5.88 Å². The molecule has 3 aromatic rings. The van der Waals surface area contributed by atoms with Crippen LogP contribution in [-0.4, -0.2) is 9.38 Å². The van der Waals surface area contributed by atoms with Crippen molar-refractivity contribution in [3.8, 4) is 11.6 Å². The molecular weight excluding hydrogens is 355 g/mol. The van der Waals surface area contributed by atoms with Crippen molar-refractivity contribution < 1.29 is 9.13 Å². The molecule has 0 atom stereocenters. The van der Waals surface area contributed by atoms with E-state index in [9.17, 15) is 4.39 Å². The second-order valence-electron chi connectivity index (χ2n) is 3.76. The normalized spacial score (nSPS) is 11.1. The van der Waals surface area contributed by atoms with Gasteiger partial charge in [0.25, 0.3) is 0 Å². The van der Waals surface area contributed by atoms with Gasteiger partial charge < -0.3 is 4.74 Å². The second-order valence-corrected chi connectivity index (χ2v) is 5.82. The molecule has 0 N–H and O–H groups in total. The van der Waals surface area contributed by atoms with Gasteiger partial charge in [-0.05, 0) is 12.1 Å². The number of imidazole rings is 1. The Morgan fingerprint density at radius 2 is 2.26 bits per heavy atom. The van der Waals surface area contributed by atoms with Gasteiger partial charge in [0, 0.05) is 22.1 Å². The molecule has 0 radical (unpaired) electrons. The molecule has 2 aromatic heterocycles. The van der Waals surface area contributed by atoms with Gasteiger partial charge in [-0.3, -0.25) is 4.40 Å². The first kappa shape index (κ1) is 12.9. The number of halogens is 3. The molecule has 0 saturated carbocycles. The first-order valence-corrected chi connectivity index (χ1v) is 7.52. The fraction of sp³-hybridized carbons (Fsp3) is 0.0833. The fourth-order valence-electron chi connectivity index (χ4n) is 1.72. The number of hydrogen-bond donors (Lipinski definition) is 0. The summed E-state index contributed by atoms with van der Waals surface area (Å²) in [7, 11) is 0. The van der Waals surface area contributed by atoms with Crippen molar-refractivity contribution >= 4 is 43.8 Å². The summed E-state index contributed by atoms with van der Waals surface area (Å²) in [6.07, 6.45) is 1.87. The molecule has 0 unspecified atom stereocenters. The van der Waals surface area contributed by atoms with Crippen LogP contribution in [0.1, 0.15) is 5.69 Å². The lowest BCUT2D eigenvalue weighted by Gasteiger charge is -2.05. The maximum Gasteiger partial charge on any atom is 0.243 e. The summed E-state index contributed by atoms with van der Waals surface area (Å²) < 4.78 is 21.4. The topological polar surface area (TPSA) is 26.5 Å². The van der Waals surface area contributed by atoms with E-state index in [4.69, 9.17) is 16.3 Å². The minimum atomic E-state index is -0.377. The first-order chi connectivity index (χ1) is 9.17. The van der Waals surface area contributed by atoms with E-state index in [1.54, 1.807) is 6.07 Å². The third-order valence-electron chi connectivity index (χ3n) is 2.50. The highest BCUT2D eigenvalue weighted by atomic mass is 79.9. The second kappa shape index (κ2) is 5.11. The molecule has 19 heavy (non-hydrogen) atoms. The number of thiazole rings is 1. The average Bonchev–Trinajstić information content (AvgIpc) is 2.87. The van der Waals surface area contributed by atoms with Crippen LogP contribution in [0.25, 0.3) is 4.96 Å². The van der Waals surface area contributed by atoms with E-state index in [1.165, 1.54) is 23.5 Å². The number of benzene rings is 1. The van der Waals surface area contributed by atoms with Crippen molar-refractivity contribution in [2.24, 2.45) is 0 Å². The van der Waals surface area contributed by atoms with Gasteiger partial charge in [-0.15, -0.1) is 22.9 Å². The van der Waals surface area contributed by atoms with Gasteiger partial charge in [0.1, 0.15) is 17.3 Å². The molecule has 0 fully saturated rings. The number of aromatic nitrogens is 2. The van der Waals surface area contributed by atoms with E-state index in [2.05, 4.69) is 20.9 Å². The quantitative estimate of drug-likeness (QED) is 0.625. The van der Waals surface area contributed by atoms with Crippen LogP contribution in [0.5, 0.6) is 11.6 Å². The molecule has 0 aliphatic carbocycles. The summed E-state index contributed by atoms with van der Waals surface area (Å²) in [5.41, 5.74) is 0.748. The Balaban J connectivity index is 2.02. The lowest BCUT2D eigenvalue weighted by atomic mass is 10.3. The predicted octanol–water partition coefficient (Wildman–Crippen LogP) is 4.83. The third kappa shape index (κ3) is 2.48. The van der Waals surface area contributed by atoms with Gasteiger partial charge in [0.15, 0.2) is 4.96 Å². The minimum absolute atomic E-state index is 0.268. The Bertz CT molecular complexity index is 722. The first-order valence-electron chi connectivity index (χ1n) is 5.31. The molecule has 0 amide bonds. The minimum Gasteiger partial charge on any atom is -0.437 e. The van der Waals surface area contributed by atoms with Gasteiger partial charge in [-0.1, -0.05) is 15.9 Å². The van der Waals surface area contributed by atoms with E-state index in [0.717, 1.165) is 10.7 Å². The Kier molecular flexibility index (Phi) is 3.47. The van der Waals surface area contributed by atoms with Crippen molar-refractivity contribution in [3.63, 3.8) is 0 Å². The number of hydrogen-bond acceptors (Lipinski definition) is 3. The van der Waals surface area contributed by atoms with E-state index in [0.29, 0.717) is 16.1 Å². The van der Waals surface area contributed by atoms with Crippen molar-refractivity contribution in [2.45, 2.75) is 5.88 Å². The maximum absolute atomic E-state index is 13.3. The van der Waals surface area contributed by atoms with Gasteiger partial charge >= 0.3 is 0 Å². The highest BCUT2D eigenvalue weighted by Crippen LogP contribution is 2.30. The van der Waals surface area contributed by atoms with Crippen LogP contribution < -0.4 is 4.74 Å². The molecule has 0 aliphatic heterocycles. The lowest BCUT2D eigenvalue weighted by molar-refractivity contribution is 0.456. The summed E-state index contributed by atoms with van der Waals surface area (Å²) in [6, 6.07) is 4.34. The molecule has 0 spiro atoms. The van der Waals surface area contributed by atoms with Crippen LogP contribution >= 0.6 is 38.9 Å². The van der Waals surface area contributed by atoms with Gasteiger partial charge in [0.2, 0.25) is 5.88 Å². The summed E-state index contributed by atoms with van der Waals surface area (Å²) in [5, 5.41) is 1.92. The van der Waals surface area contributed by atoms with Crippen LogP contribution in [0.3, 0.4) is 0 Å². The molecule has 7 heteroatoms. The molecule has 0 bridgehead atoms. The largest absolute Gasteiger partial charge is 0.437 e. The molecule has 3 nitrogen and oxygen atoms in total. The van der Waals surface area contributed by atoms with E-state index in [-0.39, 0.29) is 11.7 Å². The Morgan fingerprint density at radius 3 is 3.00 bits per heavy atom. The Morgan fingerprint density at radius 1 is 1.42 bits per heavy atom. The highest BCUT2D eigenvalue weighted by molar-refractivity contribution is 9.10. The fourth-order valence-corrected chi connectivity index (χ4v) is 3.13.